The van der Waals surface area contributed by atoms with Crippen LogP contribution in [-0.4, -0.2) is 64.2 Å². The van der Waals surface area contributed by atoms with Crippen molar-refractivity contribution in [1.82, 2.24) is 20.2 Å². The first kappa shape index (κ1) is 24.7. The third-order valence-electron chi connectivity index (χ3n) is 5.24. The molecule has 1 N–H and O–H groups in total. The van der Waals surface area contributed by atoms with Crippen LogP contribution < -0.4 is 10.2 Å². The summed E-state index contributed by atoms with van der Waals surface area (Å²) in [6, 6.07) is 1.95. The average Bonchev–Trinajstić information content (AvgIpc) is 2.65. The molecule has 0 aromatic carbocycles. The van der Waals surface area contributed by atoms with Gasteiger partial charge in [0.2, 0.25) is 11.8 Å². The lowest BCUT2D eigenvalue weighted by atomic mass is 10.1. The van der Waals surface area contributed by atoms with Gasteiger partial charge in [0.1, 0.15) is 11.0 Å². The molecule has 168 valence electrons. The van der Waals surface area contributed by atoms with Crippen molar-refractivity contribution in [2.75, 3.05) is 30.3 Å². The Hall–Kier alpha value is -1.54. The third-order valence-corrected chi connectivity index (χ3v) is 6.28. The van der Waals surface area contributed by atoms with Crippen LogP contribution in [0.3, 0.4) is 0 Å². The molecule has 0 spiro atoms. The number of nitrogens with one attached hydrogen (secondary N) is 1. The summed E-state index contributed by atoms with van der Waals surface area (Å²) in [5.74, 6) is 1.86. The van der Waals surface area contributed by atoms with Gasteiger partial charge in [0.25, 0.3) is 0 Å². The second-order valence-electron chi connectivity index (χ2n) is 8.70. The van der Waals surface area contributed by atoms with Crippen molar-refractivity contribution in [1.29, 1.82) is 0 Å². The van der Waals surface area contributed by atoms with Crippen LogP contribution in [0.15, 0.2) is 11.2 Å². The lowest BCUT2D eigenvalue weighted by molar-refractivity contribution is -0.134. The van der Waals surface area contributed by atoms with Crippen LogP contribution in [0, 0.1) is 11.8 Å². The molecule has 0 radical (unpaired) electrons. The predicted molar refractivity (Wildman–Crippen MR) is 123 cm³/mol. The number of carbonyl (C=O) groups excluding carboxylic acids is 2. The number of piperazine rings is 1. The smallest absolute Gasteiger partial charge is 0.230 e. The third kappa shape index (κ3) is 7.30. The van der Waals surface area contributed by atoms with Gasteiger partial charge in [-0.3, -0.25) is 9.59 Å². The molecule has 9 heteroatoms. The number of carbonyl (C=O) groups is 2. The van der Waals surface area contributed by atoms with Crippen molar-refractivity contribution in [3.63, 3.8) is 0 Å². The van der Waals surface area contributed by atoms with Gasteiger partial charge in [0.15, 0.2) is 5.16 Å². The van der Waals surface area contributed by atoms with Crippen molar-refractivity contribution in [3.8, 4) is 0 Å². The minimum atomic E-state index is -0.0442. The Morgan fingerprint density at radius 1 is 1.23 bits per heavy atom. The van der Waals surface area contributed by atoms with Crippen LogP contribution in [0.4, 0.5) is 5.82 Å². The number of nitrogens with zero attached hydrogens (tertiary/aromatic N) is 4. The molecule has 7 nitrogen and oxygen atoms in total. The maximum Gasteiger partial charge on any atom is 0.230 e. The lowest BCUT2D eigenvalue weighted by Gasteiger charge is -2.40. The van der Waals surface area contributed by atoms with Crippen molar-refractivity contribution in [3.05, 3.63) is 11.2 Å². The Bertz CT molecular complexity index is 746. The molecular weight excluding hydrogens is 422 g/mol. The van der Waals surface area contributed by atoms with E-state index in [0.717, 1.165) is 5.82 Å². The maximum atomic E-state index is 12.5. The average molecular weight is 456 g/mol. The number of rotatable bonds is 8. The fraction of sp³-hybridized carbons (Fsp3) is 0.714. The van der Waals surface area contributed by atoms with E-state index in [1.807, 2.05) is 11.8 Å². The topological polar surface area (TPSA) is 78.4 Å². The van der Waals surface area contributed by atoms with E-state index in [0.29, 0.717) is 48.2 Å². The molecule has 1 aromatic rings. The summed E-state index contributed by atoms with van der Waals surface area (Å²) in [6.45, 7) is 14.4. The van der Waals surface area contributed by atoms with Gasteiger partial charge in [-0.2, -0.15) is 0 Å². The Morgan fingerprint density at radius 3 is 2.53 bits per heavy atom. The summed E-state index contributed by atoms with van der Waals surface area (Å²) in [5, 5.41) is 3.81. The maximum absolute atomic E-state index is 12.5. The number of aromatic nitrogens is 2. The number of hydrogen-bond donors (Lipinski definition) is 1. The summed E-state index contributed by atoms with van der Waals surface area (Å²) in [6.07, 6.45) is 0.571. The van der Waals surface area contributed by atoms with Crippen molar-refractivity contribution in [2.24, 2.45) is 11.8 Å². The molecule has 0 saturated carbocycles. The fourth-order valence-electron chi connectivity index (χ4n) is 3.21. The summed E-state index contributed by atoms with van der Waals surface area (Å²) >= 11 is 7.50. The van der Waals surface area contributed by atoms with Crippen LogP contribution >= 0.6 is 23.4 Å². The molecule has 1 aliphatic heterocycles. The quantitative estimate of drug-likeness (QED) is 0.367. The lowest BCUT2D eigenvalue weighted by Crippen LogP contribution is -2.54. The minimum Gasteiger partial charge on any atom is -0.353 e. The molecule has 1 aromatic heterocycles. The molecule has 0 aliphatic carbocycles. The molecular formula is C21H34ClN5O2S. The van der Waals surface area contributed by atoms with Gasteiger partial charge in [-0.25, -0.2) is 9.97 Å². The standard InChI is InChI=1S/C21H34ClN5O2S/c1-13(2)9-20(29)27-8-7-26(11-15(27)5)18-10-17(22)24-21(25-18)30-12-19(28)23-16(6)14(3)4/h10,13-16H,7-9,11-12H2,1-6H3,(H,23,28). The van der Waals surface area contributed by atoms with E-state index in [2.05, 4.69) is 54.8 Å². The van der Waals surface area contributed by atoms with Gasteiger partial charge in [0, 0.05) is 44.2 Å². The number of thioether (sulfide) groups is 1. The Labute approximate surface area is 189 Å². The van der Waals surface area contributed by atoms with Crippen molar-refractivity contribution < 1.29 is 9.59 Å². The monoisotopic (exact) mass is 455 g/mol. The van der Waals surface area contributed by atoms with Gasteiger partial charge in [0.05, 0.1) is 5.75 Å². The largest absolute Gasteiger partial charge is 0.353 e. The zero-order valence-corrected chi connectivity index (χ0v) is 20.4. The Kier molecular flexibility index (Phi) is 9.22. The van der Waals surface area contributed by atoms with Crippen LogP contribution in [0.1, 0.15) is 48.0 Å². The van der Waals surface area contributed by atoms with E-state index in [-0.39, 0.29) is 29.7 Å². The van der Waals surface area contributed by atoms with E-state index in [4.69, 9.17) is 11.6 Å². The molecule has 1 aliphatic rings. The van der Waals surface area contributed by atoms with Gasteiger partial charge < -0.3 is 15.1 Å². The second kappa shape index (κ2) is 11.2. The van der Waals surface area contributed by atoms with Gasteiger partial charge in [-0.15, -0.1) is 0 Å². The van der Waals surface area contributed by atoms with Crippen LogP contribution in [0.5, 0.6) is 0 Å². The SMILES string of the molecule is CC(C)CC(=O)N1CCN(c2cc(Cl)nc(SCC(=O)NC(C)C(C)C)n2)CC1C. The zero-order chi connectivity index (χ0) is 22.4. The molecule has 1 saturated heterocycles. The van der Waals surface area contributed by atoms with E-state index in [1.165, 1.54) is 11.8 Å². The van der Waals surface area contributed by atoms with Gasteiger partial charge in [-0.05, 0) is 25.7 Å². The zero-order valence-electron chi connectivity index (χ0n) is 18.8. The molecule has 2 unspecified atom stereocenters. The predicted octanol–water partition coefficient (Wildman–Crippen LogP) is 3.47. The fourth-order valence-corrected chi connectivity index (χ4v) is 4.10. The van der Waals surface area contributed by atoms with E-state index < -0.39 is 0 Å². The van der Waals surface area contributed by atoms with E-state index in [1.54, 1.807) is 6.07 Å². The summed E-state index contributed by atoms with van der Waals surface area (Å²) in [5.41, 5.74) is 0. The number of halogens is 1. The van der Waals surface area contributed by atoms with Crippen LogP contribution in [-0.2, 0) is 9.59 Å². The second-order valence-corrected chi connectivity index (χ2v) is 10.0. The summed E-state index contributed by atoms with van der Waals surface area (Å²) < 4.78 is 0. The number of hydrogen-bond acceptors (Lipinski definition) is 6. The van der Waals surface area contributed by atoms with Crippen molar-refractivity contribution >= 4 is 41.0 Å². The van der Waals surface area contributed by atoms with Crippen LogP contribution in [0.2, 0.25) is 5.15 Å². The first-order valence-electron chi connectivity index (χ1n) is 10.6. The molecule has 2 rings (SSSR count). The summed E-state index contributed by atoms with van der Waals surface area (Å²) in [7, 11) is 0. The molecule has 30 heavy (non-hydrogen) atoms. The first-order valence-corrected chi connectivity index (χ1v) is 11.9. The summed E-state index contributed by atoms with van der Waals surface area (Å²) in [4.78, 5) is 37.6. The van der Waals surface area contributed by atoms with Crippen molar-refractivity contribution in [2.45, 2.75) is 65.2 Å². The molecule has 1 fully saturated rings. The van der Waals surface area contributed by atoms with Gasteiger partial charge >= 0.3 is 0 Å². The molecule has 0 bridgehead atoms. The normalized spacial score (nSPS) is 18.1. The Morgan fingerprint density at radius 2 is 1.93 bits per heavy atom. The number of anilines is 1. The highest BCUT2D eigenvalue weighted by atomic mass is 35.5. The van der Waals surface area contributed by atoms with Gasteiger partial charge in [-0.1, -0.05) is 51.1 Å². The van der Waals surface area contributed by atoms with E-state index >= 15 is 0 Å². The highest BCUT2D eigenvalue weighted by Gasteiger charge is 2.28. The molecule has 2 heterocycles. The highest BCUT2D eigenvalue weighted by Crippen LogP contribution is 2.24. The van der Waals surface area contributed by atoms with E-state index in [9.17, 15) is 9.59 Å². The van der Waals surface area contributed by atoms with Crippen LogP contribution in [0.25, 0.3) is 0 Å². The Balaban J connectivity index is 1.98. The number of amides is 2. The minimum absolute atomic E-state index is 0.0442. The highest BCUT2D eigenvalue weighted by molar-refractivity contribution is 7.99. The molecule has 2 atom stereocenters. The first-order chi connectivity index (χ1) is 14.1. The molecule has 2 amide bonds.